The van der Waals surface area contributed by atoms with Gasteiger partial charge in [0.05, 0.1) is 4.90 Å². The molecule has 3 N–H and O–H groups in total. The first-order chi connectivity index (χ1) is 14.6. The lowest BCUT2D eigenvalue weighted by atomic mass is 9.71. The van der Waals surface area contributed by atoms with Crippen LogP contribution in [0.1, 0.15) is 52.0 Å². The summed E-state index contributed by atoms with van der Waals surface area (Å²) in [4.78, 5) is 16.3. The lowest BCUT2D eigenvalue weighted by Gasteiger charge is -2.37. The van der Waals surface area contributed by atoms with Crippen molar-refractivity contribution in [1.82, 2.24) is 15.0 Å². The Labute approximate surface area is 185 Å². The van der Waals surface area contributed by atoms with Crippen molar-refractivity contribution in [1.29, 1.82) is 0 Å². The molecule has 2 amide bonds. The van der Waals surface area contributed by atoms with Crippen LogP contribution in [0.15, 0.2) is 53.7 Å². The first kappa shape index (κ1) is 23.2. The van der Waals surface area contributed by atoms with E-state index in [-0.39, 0.29) is 22.4 Å². The van der Waals surface area contributed by atoms with Crippen molar-refractivity contribution in [2.24, 2.45) is 11.3 Å². The molecule has 3 rings (SSSR count). The fraction of sp³-hybridized carbons (Fsp3) is 0.478. The lowest BCUT2D eigenvalue weighted by molar-refractivity contribution is 0.166. The summed E-state index contributed by atoms with van der Waals surface area (Å²) in [5.74, 6) is 0.628. The van der Waals surface area contributed by atoms with Crippen LogP contribution in [-0.2, 0) is 16.6 Å². The number of benzene rings is 1. The molecule has 0 saturated heterocycles. The Kier molecular flexibility index (Phi) is 7.33. The van der Waals surface area contributed by atoms with E-state index < -0.39 is 10.0 Å². The van der Waals surface area contributed by atoms with Gasteiger partial charge in [-0.25, -0.2) is 17.9 Å². The van der Waals surface area contributed by atoms with E-state index >= 15 is 0 Å². The molecule has 7 nitrogen and oxygen atoms in total. The third-order valence-electron chi connectivity index (χ3n) is 5.87. The van der Waals surface area contributed by atoms with E-state index in [2.05, 4.69) is 41.1 Å². The number of rotatable bonds is 6. The molecular formula is C23H32N4O3S. The monoisotopic (exact) mass is 444 g/mol. The molecule has 0 atom stereocenters. The summed E-state index contributed by atoms with van der Waals surface area (Å²) in [6, 6.07) is 9.49. The highest BCUT2D eigenvalue weighted by molar-refractivity contribution is 7.89. The number of urea groups is 1. The Bertz CT molecular complexity index is 962. The summed E-state index contributed by atoms with van der Waals surface area (Å²) in [5, 5.41) is 5.45. The molecule has 1 aliphatic rings. The molecule has 0 spiro atoms. The van der Waals surface area contributed by atoms with Crippen LogP contribution in [0.25, 0.3) is 0 Å². The van der Waals surface area contributed by atoms with Gasteiger partial charge in [-0.15, -0.1) is 0 Å². The molecule has 8 heteroatoms. The number of amides is 2. The van der Waals surface area contributed by atoms with Crippen molar-refractivity contribution in [2.45, 2.75) is 63.9 Å². The minimum Gasteiger partial charge on any atom is -0.334 e. The van der Waals surface area contributed by atoms with Crippen molar-refractivity contribution in [3.63, 3.8) is 0 Å². The second-order valence-electron chi connectivity index (χ2n) is 9.23. The Morgan fingerprint density at radius 1 is 1.06 bits per heavy atom. The lowest BCUT2D eigenvalue weighted by Crippen LogP contribution is -2.39. The van der Waals surface area contributed by atoms with Gasteiger partial charge in [-0.05, 0) is 72.9 Å². The van der Waals surface area contributed by atoms with E-state index in [4.69, 9.17) is 0 Å². The van der Waals surface area contributed by atoms with Crippen LogP contribution in [0.3, 0.4) is 0 Å². The van der Waals surface area contributed by atoms with Crippen molar-refractivity contribution in [2.75, 3.05) is 5.32 Å². The van der Waals surface area contributed by atoms with Gasteiger partial charge in [0.1, 0.15) is 0 Å². The van der Waals surface area contributed by atoms with E-state index in [1.54, 1.807) is 30.6 Å². The van der Waals surface area contributed by atoms with Gasteiger partial charge in [0.25, 0.3) is 0 Å². The van der Waals surface area contributed by atoms with Crippen LogP contribution in [0.4, 0.5) is 10.5 Å². The van der Waals surface area contributed by atoms with Crippen molar-refractivity contribution in [3.05, 3.63) is 54.4 Å². The summed E-state index contributed by atoms with van der Waals surface area (Å²) in [6.45, 7) is 7.10. The number of nitrogens with zero attached hydrogens (tertiary/aromatic N) is 1. The molecule has 168 valence electrons. The first-order valence-electron chi connectivity index (χ1n) is 10.7. The van der Waals surface area contributed by atoms with E-state index in [1.807, 2.05) is 6.07 Å². The molecule has 1 aromatic carbocycles. The first-order valence-corrected chi connectivity index (χ1v) is 12.2. The highest BCUT2D eigenvalue weighted by Gasteiger charge is 2.31. The minimum atomic E-state index is -3.59. The Balaban J connectivity index is 1.51. The van der Waals surface area contributed by atoms with Crippen LogP contribution in [-0.4, -0.2) is 25.5 Å². The largest absolute Gasteiger partial charge is 0.334 e. The van der Waals surface area contributed by atoms with Crippen LogP contribution in [0.2, 0.25) is 0 Å². The zero-order valence-corrected chi connectivity index (χ0v) is 19.2. The second kappa shape index (κ2) is 9.78. The summed E-state index contributed by atoms with van der Waals surface area (Å²) in [7, 11) is -3.59. The van der Waals surface area contributed by atoms with E-state index in [0.717, 1.165) is 31.2 Å². The molecule has 0 aliphatic heterocycles. The predicted octanol–water partition coefficient (Wildman–Crippen LogP) is 4.29. The summed E-state index contributed by atoms with van der Waals surface area (Å²) in [6.07, 6.45) is 7.14. The highest BCUT2D eigenvalue weighted by Crippen LogP contribution is 2.38. The third kappa shape index (κ3) is 6.77. The number of carbonyl (C=O) groups excluding carboxylic acids is 1. The quantitative estimate of drug-likeness (QED) is 0.619. The maximum Gasteiger partial charge on any atom is 0.319 e. The summed E-state index contributed by atoms with van der Waals surface area (Å²) in [5.41, 5.74) is 1.67. The Morgan fingerprint density at radius 3 is 2.32 bits per heavy atom. The third-order valence-corrected chi connectivity index (χ3v) is 7.41. The molecule has 0 radical (unpaired) electrons. The van der Waals surface area contributed by atoms with Gasteiger partial charge in [-0.2, -0.15) is 0 Å². The van der Waals surface area contributed by atoms with Crippen LogP contribution < -0.4 is 15.4 Å². The smallest absolute Gasteiger partial charge is 0.319 e. The standard InChI is InChI=1S/C23H32N4O3S/c1-23(2,3)18-6-8-20(9-7-18)27-31(29,30)21-12-10-19(11-13-21)26-22(28)25-16-17-5-4-14-24-15-17/h4-5,10-15,18,20,27H,6-9,16H2,1-3H3,(H2,25,26,28). The van der Waals surface area contributed by atoms with Crippen molar-refractivity contribution in [3.8, 4) is 0 Å². The van der Waals surface area contributed by atoms with Gasteiger partial charge >= 0.3 is 6.03 Å². The maximum absolute atomic E-state index is 12.8. The van der Waals surface area contributed by atoms with Crippen molar-refractivity contribution >= 4 is 21.7 Å². The molecule has 1 saturated carbocycles. The summed E-state index contributed by atoms with van der Waals surface area (Å²) < 4.78 is 28.4. The molecule has 0 bridgehead atoms. The van der Waals surface area contributed by atoms with Crippen molar-refractivity contribution < 1.29 is 13.2 Å². The second-order valence-corrected chi connectivity index (χ2v) is 10.9. The van der Waals surface area contributed by atoms with E-state index in [1.165, 1.54) is 12.1 Å². The van der Waals surface area contributed by atoms with Gasteiger partial charge in [-0.3, -0.25) is 4.98 Å². The molecule has 1 fully saturated rings. The Morgan fingerprint density at radius 2 is 1.74 bits per heavy atom. The van der Waals surface area contributed by atoms with Gasteiger partial charge in [-0.1, -0.05) is 26.8 Å². The number of carbonyl (C=O) groups is 1. The van der Waals surface area contributed by atoms with Crippen LogP contribution in [0.5, 0.6) is 0 Å². The average molecular weight is 445 g/mol. The van der Waals surface area contributed by atoms with Crippen LogP contribution >= 0.6 is 0 Å². The van der Waals surface area contributed by atoms with E-state index in [0.29, 0.717) is 18.2 Å². The minimum absolute atomic E-state index is 0.0281. The number of sulfonamides is 1. The molecule has 0 unspecified atom stereocenters. The van der Waals surface area contributed by atoms with Gasteiger partial charge in [0.15, 0.2) is 0 Å². The fourth-order valence-electron chi connectivity index (χ4n) is 3.94. The molecule has 1 aliphatic carbocycles. The highest BCUT2D eigenvalue weighted by atomic mass is 32.2. The SMILES string of the molecule is CC(C)(C)C1CCC(NS(=O)(=O)c2ccc(NC(=O)NCc3cccnc3)cc2)CC1. The van der Waals surface area contributed by atoms with E-state index in [9.17, 15) is 13.2 Å². The van der Waals surface area contributed by atoms with Gasteiger partial charge in [0, 0.05) is 30.7 Å². The summed E-state index contributed by atoms with van der Waals surface area (Å²) >= 11 is 0. The maximum atomic E-state index is 12.8. The van der Waals surface area contributed by atoms with Gasteiger partial charge < -0.3 is 10.6 Å². The molecule has 1 heterocycles. The number of anilines is 1. The topological polar surface area (TPSA) is 100 Å². The van der Waals surface area contributed by atoms with Gasteiger partial charge in [0.2, 0.25) is 10.0 Å². The number of aromatic nitrogens is 1. The number of hydrogen-bond donors (Lipinski definition) is 3. The zero-order chi connectivity index (χ0) is 22.5. The molecule has 2 aromatic rings. The molecule has 31 heavy (non-hydrogen) atoms. The predicted molar refractivity (Wildman–Crippen MR) is 122 cm³/mol. The van der Waals surface area contributed by atoms with Crippen LogP contribution in [0, 0.1) is 11.3 Å². The normalized spacial score (nSPS) is 19.6. The zero-order valence-electron chi connectivity index (χ0n) is 18.4. The average Bonchev–Trinajstić information content (AvgIpc) is 2.73. The number of pyridine rings is 1. The Hall–Kier alpha value is -2.45. The number of hydrogen-bond acceptors (Lipinski definition) is 4. The molecule has 1 aromatic heterocycles. The molecular weight excluding hydrogens is 412 g/mol. The fourth-order valence-corrected chi connectivity index (χ4v) is 5.25. The number of nitrogens with one attached hydrogen (secondary N) is 3.